The molecule has 1 aliphatic heterocycles. The zero-order valence-corrected chi connectivity index (χ0v) is 11.2. The van der Waals surface area contributed by atoms with Crippen molar-refractivity contribution in [1.82, 2.24) is 9.55 Å². The Morgan fingerprint density at radius 3 is 2.41 bits per heavy atom. The molecule has 22 heavy (non-hydrogen) atoms. The molecule has 124 valence electrons. The number of hydrogen-bond acceptors (Lipinski definition) is 6. The fraction of sp³-hybridized carbons (Fsp3) is 0.636. The van der Waals surface area contributed by atoms with E-state index in [2.05, 4.69) is 4.74 Å². The third-order valence-corrected chi connectivity index (χ3v) is 3.56. The van der Waals surface area contributed by atoms with Gasteiger partial charge in [0.05, 0.1) is 6.61 Å². The molecular formula is C11H13F3N2O6. The lowest BCUT2D eigenvalue weighted by Gasteiger charge is -2.31. The van der Waals surface area contributed by atoms with Crippen LogP contribution in [0.3, 0.4) is 0 Å². The summed E-state index contributed by atoms with van der Waals surface area (Å²) >= 11 is 0. The van der Waals surface area contributed by atoms with Gasteiger partial charge in [-0.3, -0.25) is 14.3 Å². The van der Waals surface area contributed by atoms with Crippen molar-refractivity contribution >= 4 is 0 Å². The summed E-state index contributed by atoms with van der Waals surface area (Å²) in [6.07, 6.45) is -11.8. The first-order chi connectivity index (χ1) is 10.0. The Balaban J connectivity index is 2.57. The van der Waals surface area contributed by atoms with Crippen molar-refractivity contribution in [3.8, 4) is 0 Å². The molecule has 0 bridgehead atoms. The van der Waals surface area contributed by atoms with E-state index in [0.29, 0.717) is 4.57 Å². The number of hydrogen-bond donors (Lipinski definition) is 4. The summed E-state index contributed by atoms with van der Waals surface area (Å²) in [5.74, 6) is 0. The van der Waals surface area contributed by atoms with E-state index in [-0.39, 0.29) is 5.69 Å². The van der Waals surface area contributed by atoms with Crippen molar-refractivity contribution in [2.24, 2.45) is 0 Å². The zero-order valence-electron chi connectivity index (χ0n) is 11.2. The Morgan fingerprint density at radius 2 is 2.00 bits per heavy atom. The third kappa shape index (κ3) is 2.26. The van der Waals surface area contributed by atoms with E-state index in [4.69, 9.17) is 5.11 Å². The minimum Gasteiger partial charge on any atom is -0.393 e. The van der Waals surface area contributed by atoms with Gasteiger partial charge in [0.2, 0.25) is 5.60 Å². The van der Waals surface area contributed by atoms with Crippen molar-refractivity contribution in [2.45, 2.75) is 37.1 Å². The van der Waals surface area contributed by atoms with Crippen LogP contribution in [-0.4, -0.2) is 55.5 Å². The van der Waals surface area contributed by atoms with E-state index in [1.165, 1.54) is 6.92 Å². The maximum Gasteiger partial charge on any atom is 0.422 e. The van der Waals surface area contributed by atoms with E-state index in [0.717, 1.165) is 6.07 Å². The molecule has 0 aromatic carbocycles. The van der Waals surface area contributed by atoms with Gasteiger partial charge in [0.1, 0.15) is 12.2 Å². The van der Waals surface area contributed by atoms with Crippen molar-refractivity contribution in [2.75, 3.05) is 6.61 Å². The molecule has 0 radical (unpaired) electrons. The molecule has 0 unspecified atom stereocenters. The number of nitrogens with zero attached hydrogens (tertiary/aromatic N) is 1. The normalized spacial score (nSPS) is 32.4. The Bertz CT molecular complexity index is 684. The van der Waals surface area contributed by atoms with E-state index >= 15 is 0 Å². The number of aromatic nitrogens is 2. The Labute approximate surface area is 120 Å². The Hall–Kier alpha value is -1.69. The maximum atomic E-state index is 13.1. The van der Waals surface area contributed by atoms with Crippen molar-refractivity contribution in [3.05, 3.63) is 32.6 Å². The van der Waals surface area contributed by atoms with Crippen LogP contribution in [0, 0.1) is 6.92 Å². The van der Waals surface area contributed by atoms with Crippen LogP contribution in [0.15, 0.2) is 15.7 Å². The number of aliphatic hydroxyl groups excluding tert-OH is 3. The van der Waals surface area contributed by atoms with Gasteiger partial charge in [0.15, 0.2) is 6.23 Å². The standard InChI is InChI=1S/C11H13F3N2O6/c1-4-2-5(18)15-9(21)16(4)8-6(19)7(20)10(3-17,22-8)11(12,13)14/h2,6-8,17,19-20H,3H2,1H3,(H,15,18,21)/t6-,7+,8-,10-/m1/s1. The lowest BCUT2D eigenvalue weighted by atomic mass is 9.95. The van der Waals surface area contributed by atoms with Gasteiger partial charge in [0.25, 0.3) is 5.56 Å². The quantitative estimate of drug-likeness (QED) is 0.518. The van der Waals surface area contributed by atoms with E-state index in [1.807, 2.05) is 4.98 Å². The highest BCUT2D eigenvalue weighted by Crippen LogP contribution is 2.46. The van der Waals surface area contributed by atoms with Crippen molar-refractivity contribution in [3.63, 3.8) is 0 Å². The average molecular weight is 326 g/mol. The smallest absolute Gasteiger partial charge is 0.393 e. The van der Waals surface area contributed by atoms with Crippen LogP contribution >= 0.6 is 0 Å². The van der Waals surface area contributed by atoms with Crippen LogP contribution in [0.2, 0.25) is 0 Å². The van der Waals surface area contributed by atoms with Crippen LogP contribution in [0.5, 0.6) is 0 Å². The molecule has 1 aromatic rings. The summed E-state index contributed by atoms with van der Waals surface area (Å²) in [4.78, 5) is 24.7. The fourth-order valence-corrected chi connectivity index (χ4v) is 2.38. The molecule has 8 nitrogen and oxygen atoms in total. The number of rotatable bonds is 2. The number of H-pyrrole nitrogens is 1. The molecule has 11 heteroatoms. The topological polar surface area (TPSA) is 125 Å². The summed E-state index contributed by atoms with van der Waals surface area (Å²) in [5, 5.41) is 28.5. The number of aliphatic hydroxyl groups is 3. The fourth-order valence-electron chi connectivity index (χ4n) is 2.38. The molecule has 0 amide bonds. The second kappa shape index (κ2) is 5.19. The number of ether oxygens (including phenoxy) is 1. The second-order valence-corrected chi connectivity index (χ2v) is 4.94. The SMILES string of the molecule is Cc1cc(=O)[nH]c(=O)n1[C@@H]1O[C@@](CO)(C(F)(F)F)[C@@H](O)[C@H]1O. The molecular weight excluding hydrogens is 313 g/mol. The summed E-state index contributed by atoms with van der Waals surface area (Å²) in [7, 11) is 0. The van der Waals surface area contributed by atoms with E-state index in [9.17, 15) is 33.0 Å². The molecule has 1 fully saturated rings. The minimum atomic E-state index is -5.20. The molecule has 4 N–H and O–H groups in total. The molecule has 4 atom stereocenters. The second-order valence-electron chi connectivity index (χ2n) is 4.94. The van der Waals surface area contributed by atoms with Crippen LogP contribution < -0.4 is 11.2 Å². The molecule has 0 spiro atoms. The average Bonchev–Trinajstić information content (AvgIpc) is 2.63. The predicted octanol–water partition coefficient (Wildman–Crippen LogP) is -1.61. The summed E-state index contributed by atoms with van der Waals surface area (Å²) in [6, 6.07) is 0.913. The van der Waals surface area contributed by atoms with Gasteiger partial charge in [-0.1, -0.05) is 0 Å². The predicted molar refractivity (Wildman–Crippen MR) is 64.1 cm³/mol. The molecule has 0 aliphatic carbocycles. The van der Waals surface area contributed by atoms with Gasteiger partial charge in [-0.2, -0.15) is 13.2 Å². The highest BCUT2D eigenvalue weighted by atomic mass is 19.4. The highest BCUT2D eigenvalue weighted by Gasteiger charge is 2.69. The van der Waals surface area contributed by atoms with E-state index < -0.39 is 48.1 Å². The highest BCUT2D eigenvalue weighted by molar-refractivity contribution is 5.08. The van der Waals surface area contributed by atoms with Crippen LogP contribution in [0.1, 0.15) is 11.9 Å². The number of aryl methyl sites for hydroxylation is 1. The molecule has 1 aromatic heterocycles. The Morgan fingerprint density at radius 1 is 1.41 bits per heavy atom. The summed E-state index contributed by atoms with van der Waals surface area (Å²) < 4.78 is 44.5. The van der Waals surface area contributed by atoms with Crippen LogP contribution in [0.25, 0.3) is 0 Å². The molecule has 0 saturated carbocycles. The lowest BCUT2D eigenvalue weighted by Crippen LogP contribution is -2.57. The van der Waals surface area contributed by atoms with Gasteiger partial charge < -0.3 is 20.1 Å². The molecule has 2 heterocycles. The largest absolute Gasteiger partial charge is 0.422 e. The zero-order chi connectivity index (χ0) is 16.9. The number of alkyl halides is 3. The first-order valence-corrected chi connectivity index (χ1v) is 6.09. The summed E-state index contributed by atoms with van der Waals surface area (Å²) in [5.41, 5.74) is -5.41. The summed E-state index contributed by atoms with van der Waals surface area (Å²) in [6.45, 7) is -0.409. The van der Waals surface area contributed by atoms with Crippen molar-refractivity contribution in [1.29, 1.82) is 0 Å². The van der Waals surface area contributed by atoms with Gasteiger partial charge in [-0.05, 0) is 6.92 Å². The van der Waals surface area contributed by atoms with Crippen LogP contribution in [0.4, 0.5) is 13.2 Å². The molecule has 2 rings (SSSR count). The number of halogens is 3. The van der Waals surface area contributed by atoms with Gasteiger partial charge in [-0.25, -0.2) is 4.79 Å². The molecule has 1 saturated heterocycles. The maximum absolute atomic E-state index is 13.1. The monoisotopic (exact) mass is 326 g/mol. The Kier molecular flexibility index (Phi) is 3.94. The van der Waals surface area contributed by atoms with Gasteiger partial charge in [-0.15, -0.1) is 0 Å². The number of aromatic amines is 1. The van der Waals surface area contributed by atoms with Crippen LogP contribution in [-0.2, 0) is 4.74 Å². The van der Waals surface area contributed by atoms with Gasteiger partial charge in [0, 0.05) is 11.8 Å². The lowest BCUT2D eigenvalue weighted by molar-refractivity contribution is -0.306. The number of nitrogens with one attached hydrogen (secondary N) is 1. The van der Waals surface area contributed by atoms with Crippen molar-refractivity contribution < 1.29 is 33.2 Å². The third-order valence-electron chi connectivity index (χ3n) is 3.56. The minimum absolute atomic E-state index is 0.0825. The molecule has 1 aliphatic rings. The van der Waals surface area contributed by atoms with E-state index in [1.54, 1.807) is 0 Å². The first-order valence-electron chi connectivity index (χ1n) is 6.09. The first kappa shape index (κ1) is 16.7. The van der Waals surface area contributed by atoms with Gasteiger partial charge >= 0.3 is 11.9 Å².